The number of rotatable bonds is 3. The normalized spacial score (nSPS) is 25.4. The van der Waals surface area contributed by atoms with Crippen LogP contribution < -0.4 is 4.90 Å². The number of hydrogen-bond donors (Lipinski definition) is 1. The summed E-state index contributed by atoms with van der Waals surface area (Å²) in [6.45, 7) is 1.91. The van der Waals surface area contributed by atoms with Gasteiger partial charge in [-0.15, -0.1) is 0 Å². The Balaban J connectivity index is 0.000000339. The molecule has 4 rings (SSSR count). The Morgan fingerprint density at radius 1 is 1.16 bits per heavy atom. The molecule has 172 valence electrons. The highest BCUT2D eigenvalue weighted by Crippen LogP contribution is 2.38. The molecular weight excluding hydrogens is 439 g/mol. The van der Waals surface area contributed by atoms with Crippen LogP contribution in [0, 0.1) is 0 Å². The van der Waals surface area contributed by atoms with Gasteiger partial charge in [0.15, 0.2) is 0 Å². The average molecular weight is 463 g/mol. The van der Waals surface area contributed by atoms with Crippen molar-refractivity contribution in [3.63, 3.8) is 0 Å². The monoisotopic (exact) mass is 463 g/mol. The number of carbonyl (C=O) groups is 2. The highest BCUT2D eigenvalue weighted by molar-refractivity contribution is 7.90. The maximum absolute atomic E-state index is 12.6. The van der Waals surface area contributed by atoms with E-state index in [0.29, 0.717) is 26.2 Å². The fourth-order valence-corrected chi connectivity index (χ4v) is 5.78. The van der Waals surface area contributed by atoms with E-state index >= 15 is 0 Å². The van der Waals surface area contributed by atoms with Crippen molar-refractivity contribution >= 4 is 27.6 Å². The van der Waals surface area contributed by atoms with Gasteiger partial charge < -0.3 is 10.0 Å². The van der Waals surface area contributed by atoms with Gasteiger partial charge in [-0.3, -0.25) is 9.69 Å². The SMILES string of the molecule is CN1CC(=O)N(c2ccccc2)CC12CCN(S(=O)(=O)C1CC1)C2.O=C(O)C(F)(F)F. The lowest BCUT2D eigenvalue weighted by Crippen LogP contribution is -2.64. The van der Waals surface area contributed by atoms with Crippen LogP contribution in [0.4, 0.5) is 18.9 Å². The van der Waals surface area contributed by atoms with Gasteiger partial charge in [-0.2, -0.15) is 17.5 Å². The number of carboxylic acid groups (broad SMARTS) is 1. The van der Waals surface area contributed by atoms with E-state index in [1.165, 1.54) is 0 Å². The molecule has 1 amide bonds. The molecule has 1 spiro atoms. The van der Waals surface area contributed by atoms with Crippen molar-refractivity contribution in [2.45, 2.75) is 36.2 Å². The number of piperazine rings is 1. The Morgan fingerprint density at radius 2 is 1.74 bits per heavy atom. The predicted molar refractivity (Wildman–Crippen MR) is 106 cm³/mol. The first kappa shape index (κ1) is 23.5. The summed E-state index contributed by atoms with van der Waals surface area (Å²) >= 11 is 0. The standard InChI is InChI=1S/C17H23N3O3S.C2HF3O2/c1-18-11-16(21)20(14-5-3-2-4-6-14)13-17(18)9-10-19(12-17)24(22,23)15-7-8-15;3-2(4,5)1(6)7/h2-6,15H,7-13H2,1H3;(H,6,7). The van der Waals surface area contributed by atoms with Crippen molar-refractivity contribution in [2.24, 2.45) is 0 Å². The molecule has 1 aromatic carbocycles. The molecule has 1 aliphatic carbocycles. The maximum Gasteiger partial charge on any atom is 0.490 e. The molecule has 1 atom stereocenters. The summed E-state index contributed by atoms with van der Waals surface area (Å²) < 4.78 is 58.5. The van der Waals surface area contributed by atoms with Crippen molar-refractivity contribution in [3.8, 4) is 0 Å². The lowest BCUT2D eigenvalue weighted by atomic mass is 9.92. The highest BCUT2D eigenvalue weighted by Gasteiger charge is 2.52. The minimum atomic E-state index is -5.08. The number of carbonyl (C=O) groups excluding carboxylic acids is 1. The largest absolute Gasteiger partial charge is 0.490 e. The number of nitrogens with zero attached hydrogens (tertiary/aromatic N) is 3. The van der Waals surface area contributed by atoms with Gasteiger partial charge in [0, 0.05) is 25.3 Å². The second kappa shape index (κ2) is 8.40. The van der Waals surface area contributed by atoms with Gasteiger partial charge in [0.2, 0.25) is 15.9 Å². The van der Waals surface area contributed by atoms with E-state index < -0.39 is 22.2 Å². The first-order chi connectivity index (χ1) is 14.4. The summed E-state index contributed by atoms with van der Waals surface area (Å²) in [5.41, 5.74) is 0.601. The van der Waals surface area contributed by atoms with Crippen molar-refractivity contribution in [1.82, 2.24) is 9.21 Å². The number of halogens is 3. The quantitative estimate of drug-likeness (QED) is 0.730. The Labute approximate surface area is 178 Å². The Morgan fingerprint density at radius 3 is 2.26 bits per heavy atom. The smallest absolute Gasteiger partial charge is 0.475 e. The number of carboxylic acids is 1. The highest BCUT2D eigenvalue weighted by atomic mass is 32.2. The van der Waals surface area contributed by atoms with Crippen LogP contribution in [0.5, 0.6) is 0 Å². The molecule has 0 aromatic heterocycles. The van der Waals surface area contributed by atoms with E-state index in [4.69, 9.17) is 9.90 Å². The Hall–Kier alpha value is -2.18. The summed E-state index contributed by atoms with van der Waals surface area (Å²) in [6.07, 6.45) is -2.74. The first-order valence-corrected chi connectivity index (χ1v) is 11.2. The van der Waals surface area contributed by atoms with Crippen LogP contribution in [-0.4, -0.2) is 84.8 Å². The van der Waals surface area contributed by atoms with Crippen LogP contribution in [0.2, 0.25) is 0 Å². The topological polar surface area (TPSA) is 98.2 Å². The van der Waals surface area contributed by atoms with Gasteiger partial charge in [0.05, 0.1) is 17.3 Å². The molecule has 2 saturated heterocycles. The fourth-order valence-electron chi connectivity index (χ4n) is 3.86. The molecule has 1 saturated carbocycles. The molecule has 2 heterocycles. The van der Waals surface area contributed by atoms with Crippen LogP contribution in [0.1, 0.15) is 19.3 Å². The predicted octanol–water partition coefficient (Wildman–Crippen LogP) is 1.53. The van der Waals surface area contributed by atoms with Crippen LogP contribution in [-0.2, 0) is 19.6 Å². The minimum Gasteiger partial charge on any atom is -0.475 e. The molecule has 3 fully saturated rings. The summed E-state index contributed by atoms with van der Waals surface area (Å²) in [4.78, 5) is 25.3. The number of anilines is 1. The third-order valence-corrected chi connectivity index (χ3v) is 8.19. The summed E-state index contributed by atoms with van der Waals surface area (Å²) in [5, 5.41) is 6.95. The maximum atomic E-state index is 12.6. The molecule has 0 radical (unpaired) electrons. The summed E-state index contributed by atoms with van der Waals surface area (Å²) in [5.74, 6) is -2.69. The molecule has 1 N–H and O–H groups in total. The zero-order chi connectivity index (χ0) is 23.0. The van der Waals surface area contributed by atoms with Gasteiger partial charge in [-0.25, -0.2) is 13.2 Å². The van der Waals surface area contributed by atoms with Crippen molar-refractivity contribution in [1.29, 1.82) is 0 Å². The number of benzene rings is 1. The molecule has 1 aromatic rings. The molecule has 0 bridgehead atoms. The molecule has 8 nitrogen and oxygen atoms in total. The minimum absolute atomic E-state index is 0.0674. The number of sulfonamides is 1. The van der Waals surface area contributed by atoms with Gasteiger partial charge >= 0.3 is 12.1 Å². The first-order valence-electron chi connectivity index (χ1n) is 9.72. The Kier molecular flexibility index (Phi) is 6.36. The molecule has 12 heteroatoms. The van der Waals surface area contributed by atoms with E-state index in [1.54, 1.807) is 4.31 Å². The number of hydrogen-bond acceptors (Lipinski definition) is 5. The van der Waals surface area contributed by atoms with Gasteiger partial charge in [0.1, 0.15) is 0 Å². The van der Waals surface area contributed by atoms with E-state index in [-0.39, 0.29) is 16.7 Å². The number of amides is 1. The van der Waals surface area contributed by atoms with Crippen LogP contribution in [0.3, 0.4) is 0 Å². The number of alkyl halides is 3. The number of aliphatic carboxylic acids is 1. The third-order valence-electron chi connectivity index (χ3n) is 5.85. The van der Waals surface area contributed by atoms with E-state index in [2.05, 4.69) is 4.90 Å². The Bertz CT molecular complexity index is 937. The molecular formula is C19H24F3N3O5S. The lowest BCUT2D eigenvalue weighted by Gasteiger charge is -2.46. The summed E-state index contributed by atoms with van der Waals surface area (Å²) in [7, 11) is -1.22. The van der Waals surface area contributed by atoms with E-state index in [0.717, 1.165) is 24.9 Å². The van der Waals surface area contributed by atoms with Crippen molar-refractivity contribution < 1.29 is 36.3 Å². The molecule has 3 aliphatic rings. The zero-order valence-corrected chi connectivity index (χ0v) is 17.7. The van der Waals surface area contributed by atoms with Gasteiger partial charge in [-0.1, -0.05) is 18.2 Å². The molecule has 31 heavy (non-hydrogen) atoms. The number of para-hydroxylation sites is 1. The molecule has 1 unspecified atom stereocenters. The van der Waals surface area contributed by atoms with Gasteiger partial charge in [-0.05, 0) is 38.4 Å². The zero-order valence-electron chi connectivity index (χ0n) is 16.9. The second-order valence-corrected chi connectivity index (χ2v) is 10.2. The van der Waals surface area contributed by atoms with Crippen LogP contribution in [0.15, 0.2) is 30.3 Å². The second-order valence-electron chi connectivity index (χ2n) is 8.03. The van der Waals surface area contributed by atoms with Crippen molar-refractivity contribution in [2.75, 3.05) is 38.1 Å². The summed E-state index contributed by atoms with van der Waals surface area (Å²) in [6, 6.07) is 9.65. The number of likely N-dealkylation sites (N-methyl/N-ethyl adjacent to an activating group) is 1. The lowest BCUT2D eigenvalue weighted by molar-refractivity contribution is -0.192. The van der Waals surface area contributed by atoms with Crippen LogP contribution in [0.25, 0.3) is 0 Å². The average Bonchev–Trinajstić information content (AvgIpc) is 3.47. The third kappa shape index (κ3) is 5.01. The van der Waals surface area contributed by atoms with Crippen LogP contribution >= 0.6 is 0 Å². The van der Waals surface area contributed by atoms with E-state index in [1.807, 2.05) is 42.3 Å². The van der Waals surface area contributed by atoms with E-state index in [9.17, 15) is 26.4 Å². The molecule has 2 aliphatic heterocycles. The van der Waals surface area contributed by atoms with Gasteiger partial charge in [0.25, 0.3) is 0 Å². The van der Waals surface area contributed by atoms with Crippen molar-refractivity contribution in [3.05, 3.63) is 30.3 Å². The fraction of sp³-hybridized carbons (Fsp3) is 0.579.